The number of hydrogen-bond donors (Lipinski definition) is 0. The molecule has 0 spiro atoms. The largest absolute Gasteiger partial charge is 0.101 e. The van der Waals surface area contributed by atoms with E-state index < -0.39 is 8.07 Å². The molecule has 0 bridgehead atoms. The smallest absolute Gasteiger partial charge is 0.0927 e. The third kappa shape index (κ3) is 3.35. The Morgan fingerprint density at radius 2 is 1.39 bits per heavy atom. The molecule has 0 radical (unpaired) electrons. The Labute approximate surface area is 111 Å². The third-order valence-corrected chi connectivity index (χ3v) is 6.05. The van der Waals surface area contributed by atoms with Crippen molar-refractivity contribution in [1.29, 1.82) is 0 Å². The predicted molar refractivity (Wildman–Crippen MR) is 81.7 cm³/mol. The zero-order valence-corrected chi connectivity index (χ0v) is 12.0. The Hall–Kier alpha value is -1.78. The number of hydrogen-bond acceptors (Lipinski definition) is 0. The monoisotopic (exact) mass is 250 g/mol. The highest BCUT2D eigenvalue weighted by Crippen LogP contribution is 2.08. The second kappa shape index (κ2) is 5.71. The van der Waals surface area contributed by atoms with Gasteiger partial charge >= 0.3 is 0 Å². The van der Waals surface area contributed by atoms with E-state index in [1.807, 2.05) is 18.2 Å². The highest BCUT2D eigenvalue weighted by Gasteiger charge is 2.21. The summed E-state index contributed by atoms with van der Waals surface area (Å²) < 4.78 is 0. The molecule has 0 aromatic heterocycles. The van der Waals surface area contributed by atoms with Crippen molar-refractivity contribution in [2.45, 2.75) is 19.1 Å². The average molecular weight is 250 g/mol. The van der Waals surface area contributed by atoms with Crippen molar-refractivity contribution < 1.29 is 0 Å². The van der Waals surface area contributed by atoms with Crippen molar-refractivity contribution in [2.75, 3.05) is 0 Å². The topological polar surface area (TPSA) is 0 Å². The zero-order chi connectivity index (χ0) is 12.8. The summed E-state index contributed by atoms with van der Waals surface area (Å²) in [7, 11) is -1.41. The standard InChI is InChI=1S/C17H18Si/c1-18(2,17-13-7-4-8-14-17)15-9-12-16-10-5-3-6-11-16/h3-8,10-11,13-14H,15H2,1-2H3. The lowest BCUT2D eigenvalue weighted by molar-refractivity contribution is 1.57. The molecule has 0 aliphatic heterocycles. The highest BCUT2D eigenvalue weighted by atomic mass is 28.3. The fraction of sp³-hybridized carbons (Fsp3) is 0.176. The van der Waals surface area contributed by atoms with Crippen LogP contribution in [0.1, 0.15) is 5.56 Å². The van der Waals surface area contributed by atoms with Gasteiger partial charge in [0.1, 0.15) is 0 Å². The van der Waals surface area contributed by atoms with Gasteiger partial charge in [0.15, 0.2) is 0 Å². The van der Waals surface area contributed by atoms with E-state index in [0.29, 0.717) is 0 Å². The molecule has 90 valence electrons. The first-order chi connectivity index (χ1) is 8.68. The van der Waals surface area contributed by atoms with Gasteiger partial charge in [-0.15, -0.1) is 5.92 Å². The Kier molecular flexibility index (Phi) is 4.02. The minimum atomic E-state index is -1.41. The summed E-state index contributed by atoms with van der Waals surface area (Å²) in [6.45, 7) is 4.75. The maximum atomic E-state index is 3.35. The van der Waals surface area contributed by atoms with E-state index in [2.05, 4.69) is 67.4 Å². The minimum Gasteiger partial charge on any atom is -0.101 e. The van der Waals surface area contributed by atoms with E-state index in [1.165, 1.54) is 5.19 Å². The fourth-order valence-electron chi connectivity index (χ4n) is 1.88. The summed E-state index contributed by atoms with van der Waals surface area (Å²) in [6, 6.07) is 22.0. The van der Waals surface area contributed by atoms with Gasteiger partial charge in [-0.2, -0.15) is 0 Å². The van der Waals surface area contributed by atoms with E-state index in [9.17, 15) is 0 Å². The Morgan fingerprint density at radius 3 is 2.00 bits per heavy atom. The second-order valence-corrected chi connectivity index (χ2v) is 9.79. The summed E-state index contributed by atoms with van der Waals surface area (Å²) in [5.74, 6) is 6.61. The average Bonchev–Trinajstić information content (AvgIpc) is 2.41. The third-order valence-electron chi connectivity index (χ3n) is 3.09. The first kappa shape index (κ1) is 12.7. The zero-order valence-electron chi connectivity index (χ0n) is 11.0. The van der Waals surface area contributed by atoms with Crippen LogP contribution in [0.25, 0.3) is 0 Å². The molecule has 0 amide bonds. The van der Waals surface area contributed by atoms with Gasteiger partial charge in [0.05, 0.1) is 8.07 Å². The van der Waals surface area contributed by atoms with Crippen LogP contribution in [0.5, 0.6) is 0 Å². The molecule has 0 saturated heterocycles. The van der Waals surface area contributed by atoms with Crippen molar-refractivity contribution in [3.63, 3.8) is 0 Å². The molecule has 18 heavy (non-hydrogen) atoms. The molecule has 0 fully saturated rings. The van der Waals surface area contributed by atoms with Crippen LogP contribution in [-0.4, -0.2) is 8.07 Å². The molecule has 0 nitrogen and oxygen atoms in total. The molecule has 0 aliphatic rings. The Morgan fingerprint density at radius 1 is 0.833 bits per heavy atom. The van der Waals surface area contributed by atoms with Gasteiger partial charge in [0.2, 0.25) is 0 Å². The quantitative estimate of drug-likeness (QED) is 0.564. The molecule has 0 heterocycles. The van der Waals surface area contributed by atoms with E-state index in [0.717, 1.165) is 11.6 Å². The molecule has 0 saturated carbocycles. The molecule has 2 aromatic rings. The van der Waals surface area contributed by atoms with Crippen LogP contribution >= 0.6 is 0 Å². The Balaban J connectivity index is 2.09. The van der Waals surface area contributed by atoms with Crippen molar-refractivity contribution in [3.8, 4) is 11.8 Å². The number of rotatable bonds is 2. The van der Waals surface area contributed by atoms with Crippen LogP contribution in [0.4, 0.5) is 0 Å². The molecule has 0 aliphatic carbocycles. The summed E-state index contributed by atoms with van der Waals surface area (Å²) in [6.07, 6.45) is 0. The predicted octanol–water partition coefficient (Wildman–Crippen LogP) is 3.65. The summed E-state index contributed by atoms with van der Waals surface area (Å²) in [4.78, 5) is 0. The van der Waals surface area contributed by atoms with Crippen LogP contribution in [0, 0.1) is 11.8 Å². The van der Waals surface area contributed by atoms with Crippen LogP contribution in [0.15, 0.2) is 60.7 Å². The Bertz CT molecular complexity index is 544. The van der Waals surface area contributed by atoms with Gasteiger partial charge in [-0.25, -0.2) is 0 Å². The fourth-order valence-corrected chi connectivity index (χ4v) is 3.71. The van der Waals surface area contributed by atoms with Crippen LogP contribution in [-0.2, 0) is 0 Å². The highest BCUT2D eigenvalue weighted by molar-refractivity contribution is 6.90. The van der Waals surface area contributed by atoms with Crippen molar-refractivity contribution in [1.82, 2.24) is 0 Å². The van der Waals surface area contributed by atoms with Gasteiger partial charge in [-0.05, 0) is 12.1 Å². The van der Waals surface area contributed by atoms with Crippen LogP contribution in [0.2, 0.25) is 19.1 Å². The summed E-state index contributed by atoms with van der Waals surface area (Å²) >= 11 is 0. The number of benzene rings is 2. The molecular formula is C17H18Si. The lowest BCUT2D eigenvalue weighted by Crippen LogP contribution is -2.40. The van der Waals surface area contributed by atoms with Gasteiger partial charge in [0, 0.05) is 11.6 Å². The van der Waals surface area contributed by atoms with E-state index in [-0.39, 0.29) is 0 Å². The minimum absolute atomic E-state index is 1.01. The van der Waals surface area contributed by atoms with Gasteiger partial charge in [0.25, 0.3) is 0 Å². The van der Waals surface area contributed by atoms with Crippen molar-refractivity contribution in [2.24, 2.45) is 0 Å². The summed E-state index contributed by atoms with van der Waals surface area (Å²) in [5.41, 5.74) is 1.11. The van der Waals surface area contributed by atoms with Crippen molar-refractivity contribution >= 4 is 13.3 Å². The van der Waals surface area contributed by atoms with Crippen LogP contribution < -0.4 is 5.19 Å². The normalized spacial score (nSPS) is 10.6. The van der Waals surface area contributed by atoms with Crippen LogP contribution in [0.3, 0.4) is 0 Å². The molecule has 0 atom stereocenters. The van der Waals surface area contributed by atoms with E-state index >= 15 is 0 Å². The van der Waals surface area contributed by atoms with Gasteiger partial charge in [-0.1, -0.05) is 72.7 Å². The van der Waals surface area contributed by atoms with Gasteiger partial charge in [-0.3, -0.25) is 0 Å². The van der Waals surface area contributed by atoms with Crippen molar-refractivity contribution in [3.05, 3.63) is 66.2 Å². The maximum absolute atomic E-state index is 3.35. The lowest BCUT2D eigenvalue weighted by Gasteiger charge is -2.19. The molecule has 0 unspecified atom stereocenters. The van der Waals surface area contributed by atoms with E-state index in [1.54, 1.807) is 0 Å². The second-order valence-electron chi connectivity index (χ2n) is 5.09. The van der Waals surface area contributed by atoms with E-state index in [4.69, 9.17) is 0 Å². The summed E-state index contributed by atoms with van der Waals surface area (Å²) in [5, 5.41) is 1.48. The molecule has 1 heteroatoms. The molecule has 0 N–H and O–H groups in total. The maximum Gasteiger partial charge on any atom is 0.0927 e. The molecular weight excluding hydrogens is 232 g/mol. The lowest BCUT2D eigenvalue weighted by atomic mass is 10.2. The SMILES string of the molecule is C[Si](C)(CC#Cc1ccccc1)c1ccccc1. The molecule has 2 aromatic carbocycles. The first-order valence-electron chi connectivity index (χ1n) is 6.28. The molecule has 2 rings (SSSR count). The van der Waals surface area contributed by atoms with Gasteiger partial charge < -0.3 is 0 Å². The first-order valence-corrected chi connectivity index (χ1v) is 9.49.